The fourth-order valence-electron chi connectivity index (χ4n) is 6.02. The van der Waals surface area contributed by atoms with Crippen molar-refractivity contribution in [3.8, 4) is 11.3 Å². The molecule has 0 saturated carbocycles. The number of aromatic nitrogens is 4. The maximum Gasteiger partial charge on any atom is 0.254 e. The summed E-state index contributed by atoms with van der Waals surface area (Å²) in [6.07, 6.45) is 15.7. The number of amides is 1. The fourth-order valence-corrected chi connectivity index (χ4v) is 6.02. The molecule has 1 aromatic carbocycles. The molecule has 3 aromatic heterocycles. The second-order valence-electron chi connectivity index (χ2n) is 9.39. The van der Waals surface area contributed by atoms with Crippen LogP contribution in [0.5, 0.6) is 0 Å². The number of nitrogens with zero attached hydrogens (tertiary/aromatic N) is 5. The van der Waals surface area contributed by atoms with Gasteiger partial charge in [0.05, 0.1) is 41.2 Å². The van der Waals surface area contributed by atoms with Crippen molar-refractivity contribution in [2.75, 3.05) is 10.2 Å². The van der Waals surface area contributed by atoms with Gasteiger partial charge in [-0.3, -0.25) is 14.2 Å². The molecular weight excluding hydrogens is 426 g/mol. The summed E-state index contributed by atoms with van der Waals surface area (Å²) in [6.45, 7) is 0.488. The van der Waals surface area contributed by atoms with Crippen LogP contribution in [0.4, 0.5) is 17.2 Å². The maximum absolute atomic E-state index is 12.8. The second kappa shape index (κ2) is 7.55. The topological polar surface area (TPSA) is 87.5 Å². The summed E-state index contributed by atoms with van der Waals surface area (Å²) in [7, 11) is 0. The highest BCUT2D eigenvalue weighted by molar-refractivity contribution is 6.06. The third kappa shape index (κ3) is 2.98. The summed E-state index contributed by atoms with van der Waals surface area (Å²) in [4.78, 5) is 28.7. The van der Waals surface area contributed by atoms with Crippen molar-refractivity contribution in [3.05, 3.63) is 66.4 Å². The Hall–Kier alpha value is -3.94. The Balaban J connectivity index is 1.21. The highest BCUT2D eigenvalue weighted by atomic mass is 16.1. The molecule has 8 heteroatoms. The number of imidazole rings is 1. The number of rotatable bonds is 4. The van der Waals surface area contributed by atoms with Crippen molar-refractivity contribution in [1.82, 2.24) is 24.7 Å². The molecule has 170 valence electrons. The highest BCUT2D eigenvalue weighted by Gasteiger charge is 2.36. The lowest BCUT2D eigenvalue weighted by molar-refractivity contribution is 0.0966. The maximum atomic E-state index is 12.8. The molecule has 0 spiro atoms. The Morgan fingerprint density at radius 3 is 2.68 bits per heavy atom. The Morgan fingerprint density at radius 1 is 0.971 bits per heavy atom. The van der Waals surface area contributed by atoms with Gasteiger partial charge in [0.15, 0.2) is 5.65 Å². The molecule has 3 aliphatic heterocycles. The average molecular weight is 452 g/mol. The molecule has 1 amide bonds. The quantitative estimate of drug-likeness (QED) is 0.481. The van der Waals surface area contributed by atoms with Crippen LogP contribution < -0.4 is 15.5 Å². The van der Waals surface area contributed by atoms with Gasteiger partial charge in [0.25, 0.3) is 5.91 Å². The minimum Gasteiger partial charge on any atom is -0.364 e. The van der Waals surface area contributed by atoms with E-state index >= 15 is 0 Å². The van der Waals surface area contributed by atoms with Gasteiger partial charge < -0.3 is 15.5 Å². The first-order valence-electron chi connectivity index (χ1n) is 12.0. The van der Waals surface area contributed by atoms with E-state index in [0.717, 1.165) is 34.0 Å². The summed E-state index contributed by atoms with van der Waals surface area (Å²) < 4.78 is 1.99. The average Bonchev–Trinajstić information content (AvgIpc) is 3.54. The predicted molar refractivity (Wildman–Crippen MR) is 130 cm³/mol. The molecule has 4 aromatic rings. The SMILES string of the molecule is O=C1NCc2c(-c3cnc4cnccn34)ccc(Nc3ccc(N4C5CCCC4CC5)cn3)c21. The third-order valence-electron chi connectivity index (χ3n) is 7.56. The van der Waals surface area contributed by atoms with E-state index in [9.17, 15) is 4.79 Å². The lowest BCUT2D eigenvalue weighted by Gasteiger charge is -2.36. The molecule has 0 radical (unpaired) electrons. The van der Waals surface area contributed by atoms with Gasteiger partial charge in [-0.2, -0.15) is 0 Å². The number of hydrogen-bond acceptors (Lipinski definition) is 6. The first-order chi connectivity index (χ1) is 16.8. The van der Waals surface area contributed by atoms with Crippen molar-refractivity contribution in [3.63, 3.8) is 0 Å². The molecule has 2 saturated heterocycles. The number of nitrogens with one attached hydrogen (secondary N) is 2. The van der Waals surface area contributed by atoms with Gasteiger partial charge in [-0.1, -0.05) is 6.07 Å². The summed E-state index contributed by atoms with van der Waals surface area (Å²) in [6, 6.07) is 9.51. The number of piperidine rings is 1. The molecule has 8 nitrogen and oxygen atoms in total. The zero-order valence-corrected chi connectivity index (χ0v) is 18.7. The number of benzene rings is 1. The van der Waals surface area contributed by atoms with E-state index in [1.165, 1.54) is 37.8 Å². The van der Waals surface area contributed by atoms with Crippen molar-refractivity contribution in [1.29, 1.82) is 0 Å². The molecule has 2 fully saturated rings. The zero-order valence-electron chi connectivity index (χ0n) is 18.7. The lowest BCUT2D eigenvalue weighted by atomic mass is 9.99. The van der Waals surface area contributed by atoms with Gasteiger partial charge in [0, 0.05) is 36.6 Å². The Bertz CT molecular complexity index is 1390. The predicted octanol–water partition coefficient (Wildman–Crippen LogP) is 4.30. The minimum absolute atomic E-state index is 0.0728. The molecule has 7 rings (SSSR count). The highest BCUT2D eigenvalue weighted by Crippen LogP contribution is 2.39. The molecule has 0 aliphatic carbocycles. The Labute approximate surface area is 197 Å². The van der Waals surface area contributed by atoms with Crippen LogP contribution in [-0.2, 0) is 6.54 Å². The van der Waals surface area contributed by atoms with E-state index in [1.54, 1.807) is 12.4 Å². The van der Waals surface area contributed by atoms with Crippen LogP contribution in [0.25, 0.3) is 16.9 Å². The van der Waals surface area contributed by atoms with Crippen molar-refractivity contribution < 1.29 is 4.79 Å². The van der Waals surface area contributed by atoms with Gasteiger partial charge in [-0.05, 0) is 55.9 Å². The van der Waals surface area contributed by atoms with Crippen molar-refractivity contribution in [2.45, 2.75) is 50.7 Å². The molecule has 2 bridgehead atoms. The number of anilines is 3. The molecule has 3 aliphatic rings. The normalized spacial score (nSPS) is 21.1. The van der Waals surface area contributed by atoms with E-state index < -0.39 is 0 Å². The zero-order chi connectivity index (χ0) is 22.6. The summed E-state index contributed by atoms with van der Waals surface area (Å²) >= 11 is 0. The van der Waals surface area contributed by atoms with Crippen LogP contribution in [0.3, 0.4) is 0 Å². The largest absolute Gasteiger partial charge is 0.364 e. The minimum atomic E-state index is -0.0728. The van der Waals surface area contributed by atoms with Crippen LogP contribution in [0.15, 0.2) is 55.2 Å². The molecular formula is C26H25N7O. The lowest BCUT2D eigenvalue weighted by Crippen LogP contribution is -2.39. The van der Waals surface area contributed by atoms with Gasteiger partial charge >= 0.3 is 0 Å². The third-order valence-corrected chi connectivity index (χ3v) is 7.56. The molecule has 2 N–H and O–H groups in total. The van der Waals surface area contributed by atoms with Crippen LogP contribution in [0.1, 0.15) is 48.0 Å². The first-order valence-corrected chi connectivity index (χ1v) is 12.0. The Kier molecular flexibility index (Phi) is 4.33. The monoisotopic (exact) mass is 451 g/mol. The van der Waals surface area contributed by atoms with E-state index in [0.29, 0.717) is 24.2 Å². The van der Waals surface area contributed by atoms with Gasteiger partial charge in [-0.15, -0.1) is 0 Å². The molecule has 6 heterocycles. The summed E-state index contributed by atoms with van der Waals surface area (Å²) in [5.41, 5.74) is 6.31. The van der Waals surface area contributed by atoms with E-state index in [4.69, 9.17) is 4.98 Å². The van der Waals surface area contributed by atoms with Gasteiger partial charge in [0.2, 0.25) is 0 Å². The van der Waals surface area contributed by atoms with Crippen molar-refractivity contribution in [2.24, 2.45) is 0 Å². The fraction of sp³-hybridized carbons (Fsp3) is 0.308. The molecule has 2 unspecified atom stereocenters. The number of fused-ring (bicyclic) bond motifs is 4. The number of pyridine rings is 1. The standard InChI is InChI=1S/C26H25N7O/c34-26-25-20(13-30-26)19(22-14-29-24-15-27-10-11-32(22)24)7-8-21(25)31-23-9-6-18(12-28-23)33-16-2-1-3-17(33)5-4-16/h6-12,14-17H,1-5,13H2,(H,28,31)(H,30,34). The van der Waals surface area contributed by atoms with E-state index in [1.807, 2.05) is 41.2 Å². The smallest absolute Gasteiger partial charge is 0.254 e. The van der Waals surface area contributed by atoms with Crippen LogP contribution in [0, 0.1) is 0 Å². The number of carbonyl (C=O) groups excluding carboxylic acids is 1. The first kappa shape index (κ1) is 19.5. The van der Waals surface area contributed by atoms with E-state index in [-0.39, 0.29) is 5.91 Å². The van der Waals surface area contributed by atoms with Crippen LogP contribution >= 0.6 is 0 Å². The van der Waals surface area contributed by atoms with E-state index in [2.05, 4.69) is 31.6 Å². The molecule has 2 atom stereocenters. The van der Waals surface area contributed by atoms with Crippen LogP contribution in [0.2, 0.25) is 0 Å². The molecule has 34 heavy (non-hydrogen) atoms. The van der Waals surface area contributed by atoms with Gasteiger partial charge in [0.1, 0.15) is 5.82 Å². The summed E-state index contributed by atoms with van der Waals surface area (Å²) in [5.74, 6) is 0.667. The van der Waals surface area contributed by atoms with Crippen molar-refractivity contribution >= 4 is 28.7 Å². The van der Waals surface area contributed by atoms with Crippen LogP contribution in [-0.4, -0.2) is 37.3 Å². The number of carbonyl (C=O) groups is 1. The van der Waals surface area contributed by atoms with Gasteiger partial charge in [-0.25, -0.2) is 9.97 Å². The number of hydrogen-bond donors (Lipinski definition) is 2. The summed E-state index contributed by atoms with van der Waals surface area (Å²) in [5, 5.41) is 6.37. The second-order valence-corrected chi connectivity index (χ2v) is 9.39. The Morgan fingerprint density at radius 2 is 1.85 bits per heavy atom.